The van der Waals surface area contributed by atoms with Gasteiger partial charge in [-0.2, -0.15) is 13.9 Å². The Balaban J connectivity index is 1.52. The van der Waals surface area contributed by atoms with Gasteiger partial charge in [-0.15, -0.1) is 0 Å². The Bertz CT molecular complexity index is 1060. The number of nitrogens with zero attached hydrogens (tertiary/aromatic N) is 3. The molecule has 4 rings (SSSR count). The summed E-state index contributed by atoms with van der Waals surface area (Å²) >= 11 is 0. The lowest BCUT2D eigenvalue weighted by atomic mass is 9.92. The summed E-state index contributed by atoms with van der Waals surface area (Å²) in [6, 6.07) is 6.18. The van der Waals surface area contributed by atoms with E-state index in [1.54, 1.807) is 12.1 Å². The quantitative estimate of drug-likeness (QED) is 0.712. The van der Waals surface area contributed by atoms with Crippen LogP contribution in [0.25, 0.3) is 16.7 Å². The summed E-state index contributed by atoms with van der Waals surface area (Å²) in [5.74, 6) is -5.82. The summed E-state index contributed by atoms with van der Waals surface area (Å²) in [6.07, 6.45) is 2.97. The number of carbonyl (C=O) groups is 1. The monoisotopic (exact) mass is 389 g/mol. The number of benzene rings is 1. The number of aromatic nitrogens is 4. The molecule has 1 fully saturated rings. The first-order chi connectivity index (χ1) is 13.5. The maximum atomic E-state index is 14.4. The SMILES string of the molecule is O=C(Nc1ccc(-n2ncc3c(=O)[nH]cnc32)cc1)C(F)(F)C1CCOCC1. The zero-order valence-electron chi connectivity index (χ0n) is 14.7. The van der Waals surface area contributed by atoms with Crippen LogP contribution in [0.1, 0.15) is 12.8 Å². The summed E-state index contributed by atoms with van der Waals surface area (Å²) in [5.41, 5.74) is 0.868. The van der Waals surface area contributed by atoms with E-state index in [1.165, 1.54) is 29.3 Å². The van der Waals surface area contributed by atoms with Crippen molar-refractivity contribution in [3.63, 3.8) is 0 Å². The van der Waals surface area contributed by atoms with Crippen LogP contribution in [0, 0.1) is 5.92 Å². The molecule has 0 saturated carbocycles. The van der Waals surface area contributed by atoms with Crippen LogP contribution in [-0.4, -0.2) is 44.8 Å². The fraction of sp³-hybridized carbons (Fsp3) is 0.333. The van der Waals surface area contributed by atoms with E-state index in [1.807, 2.05) is 0 Å². The third-order valence-corrected chi connectivity index (χ3v) is 4.78. The van der Waals surface area contributed by atoms with E-state index in [4.69, 9.17) is 4.74 Å². The van der Waals surface area contributed by atoms with Crippen molar-refractivity contribution in [2.24, 2.45) is 5.92 Å². The molecule has 3 heterocycles. The number of nitrogens with one attached hydrogen (secondary N) is 2. The van der Waals surface area contributed by atoms with Gasteiger partial charge in [0.25, 0.3) is 11.5 Å². The number of rotatable bonds is 4. The molecule has 1 aliphatic rings. The Kier molecular flexibility index (Phi) is 4.63. The van der Waals surface area contributed by atoms with Gasteiger partial charge in [-0.3, -0.25) is 9.59 Å². The smallest absolute Gasteiger partial charge is 0.327 e. The largest absolute Gasteiger partial charge is 0.381 e. The van der Waals surface area contributed by atoms with Crippen LogP contribution >= 0.6 is 0 Å². The van der Waals surface area contributed by atoms with Crippen LogP contribution in [0.4, 0.5) is 14.5 Å². The van der Waals surface area contributed by atoms with Gasteiger partial charge in [0.05, 0.1) is 18.2 Å². The number of hydrogen-bond donors (Lipinski definition) is 2. The minimum absolute atomic E-state index is 0.151. The fourth-order valence-corrected chi connectivity index (χ4v) is 3.19. The number of H-pyrrole nitrogens is 1. The molecule has 2 N–H and O–H groups in total. The lowest BCUT2D eigenvalue weighted by Gasteiger charge is -2.28. The highest BCUT2D eigenvalue weighted by Crippen LogP contribution is 2.33. The standard InChI is InChI=1S/C18H17F2N5O3/c19-18(20,11-5-7-28-8-6-11)17(27)24-12-1-3-13(4-2-12)25-15-14(9-23-25)16(26)22-10-21-15/h1-4,9-11H,5-8H2,(H,24,27)(H,21,22,26). The second kappa shape index (κ2) is 7.12. The number of anilines is 1. The average molecular weight is 389 g/mol. The number of alkyl halides is 2. The van der Waals surface area contributed by atoms with Crippen molar-refractivity contribution in [3.05, 3.63) is 47.1 Å². The Morgan fingerprint density at radius 2 is 1.96 bits per heavy atom. The van der Waals surface area contributed by atoms with Crippen LogP contribution < -0.4 is 10.9 Å². The Labute approximate surface area is 157 Å². The number of fused-ring (bicyclic) bond motifs is 1. The number of halogens is 2. The maximum absolute atomic E-state index is 14.4. The highest BCUT2D eigenvalue weighted by Gasteiger charge is 2.47. The van der Waals surface area contributed by atoms with Crippen LogP contribution in [0.3, 0.4) is 0 Å². The van der Waals surface area contributed by atoms with Crippen molar-refractivity contribution in [1.82, 2.24) is 19.7 Å². The number of hydrogen-bond acceptors (Lipinski definition) is 5. The van der Waals surface area contributed by atoms with Gasteiger partial charge < -0.3 is 15.0 Å². The average Bonchev–Trinajstić information content (AvgIpc) is 3.15. The highest BCUT2D eigenvalue weighted by molar-refractivity contribution is 5.96. The fourth-order valence-electron chi connectivity index (χ4n) is 3.19. The lowest BCUT2D eigenvalue weighted by Crippen LogP contribution is -2.43. The molecule has 1 saturated heterocycles. The first-order valence-electron chi connectivity index (χ1n) is 8.75. The summed E-state index contributed by atoms with van der Waals surface area (Å²) in [4.78, 5) is 30.4. The van der Waals surface area contributed by atoms with E-state index in [0.717, 1.165) is 0 Å². The molecule has 0 radical (unpaired) electrons. The second-order valence-electron chi connectivity index (χ2n) is 6.54. The van der Waals surface area contributed by atoms with Crippen LogP contribution in [0.5, 0.6) is 0 Å². The van der Waals surface area contributed by atoms with Crippen molar-refractivity contribution in [2.75, 3.05) is 18.5 Å². The molecule has 3 aromatic rings. The number of ether oxygens (including phenoxy) is 1. The number of aromatic amines is 1. The topological polar surface area (TPSA) is 102 Å². The molecule has 28 heavy (non-hydrogen) atoms. The zero-order chi connectivity index (χ0) is 19.7. The third-order valence-electron chi connectivity index (χ3n) is 4.78. The minimum Gasteiger partial charge on any atom is -0.381 e. The van der Waals surface area contributed by atoms with E-state index >= 15 is 0 Å². The summed E-state index contributed by atoms with van der Waals surface area (Å²) in [5, 5.41) is 6.73. The van der Waals surface area contributed by atoms with E-state index in [2.05, 4.69) is 20.4 Å². The molecule has 1 aliphatic heterocycles. The first-order valence-corrected chi connectivity index (χ1v) is 8.75. The molecule has 10 heteroatoms. The van der Waals surface area contributed by atoms with Gasteiger partial charge >= 0.3 is 5.92 Å². The Morgan fingerprint density at radius 3 is 2.68 bits per heavy atom. The van der Waals surface area contributed by atoms with Crippen LogP contribution in [-0.2, 0) is 9.53 Å². The normalized spacial score (nSPS) is 15.6. The lowest BCUT2D eigenvalue weighted by molar-refractivity contribution is -0.153. The maximum Gasteiger partial charge on any atom is 0.327 e. The molecule has 8 nitrogen and oxygen atoms in total. The summed E-state index contributed by atoms with van der Waals surface area (Å²) < 4.78 is 35.3. The molecule has 0 bridgehead atoms. The summed E-state index contributed by atoms with van der Waals surface area (Å²) in [6.45, 7) is 0.466. The van der Waals surface area contributed by atoms with Crippen molar-refractivity contribution in [2.45, 2.75) is 18.8 Å². The van der Waals surface area contributed by atoms with Crippen molar-refractivity contribution in [1.29, 1.82) is 0 Å². The third kappa shape index (κ3) is 3.26. The molecular formula is C18H17F2N5O3. The molecule has 0 atom stereocenters. The van der Waals surface area contributed by atoms with Crippen molar-refractivity contribution in [3.8, 4) is 5.69 Å². The highest BCUT2D eigenvalue weighted by atomic mass is 19.3. The Morgan fingerprint density at radius 1 is 1.25 bits per heavy atom. The molecule has 1 amide bonds. The van der Waals surface area contributed by atoms with Gasteiger partial charge in [0.1, 0.15) is 5.39 Å². The zero-order valence-corrected chi connectivity index (χ0v) is 14.7. The van der Waals surface area contributed by atoms with E-state index in [-0.39, 0.29) is 37.3 Å². The molecule has 0 unspecified atom stereocenters. The van der Waals surface area contributed by atoms with Crippen LogP contribution in [0.15, 0.2) is 41.6 Å². The molecule has 0 spiro atoms. The minimum atomic E-state index is -3.47. The summed E-state index contributed by atoms with van der Waals surface area (Å²) in [7, 11) is 0. The number of amides is 1. The molecule has 2 aromatic heterocycles. The van der Waals surface area contributed by atoms with Gasteiger partial charge in [-0.1, -0.05) is 0 Å². The van der Waals surface area contributed by atoms with E-state index < -0.39 is 17.7 Å². The molecule has 0 aliphatic carbocycles. The van der Waals surface area contributed by atoms with Crippen molar-refractivity contribution < 1.29 is 18.3 Å². The predicted octanol–water partition coefficient (Wildman–Crippen LogP) is 2.11. The molecular weight excluding hydrogens is 372 g/mol. The number of carbonyl (C=O) groups excluding carboxylic acids is 1. The van der Waals surface area contributed by atoms with Gasteiger partial charge in [0, 0.05) is 24.8 Å². The van der Waals surface area contributed by atoms with Gasteiger partial charge in [-0.05, 0) is 37.1 Å². The molecule has 1 aromatic carbocycles. The second-order valence-corrected chi connectivity index (χ2v) is 6.54. The van der Waals surface area contributed by atoms with Gasteiger partial charge in [-0.25, -0.2) is 9.67 Å². The van der Waals surface area contributed by atoms with E-state index in [9.17, 15) is 18.4 Å². The first kappa shape index (κ1) is 18.2. The van der Waals surface area contributed by atoms with Crippen molar-refractivity contribution >= 4 is 22.6 Å². The Hall–Kier alpha value is -3.14. The van der Waals surface area contributed by atoms with Crippen LogP contribution in [0.2, 0.25) is 0 Å². The van der Waals surface area contributed by atoms with Gasteiger partial charge in [0.2, 0.25) is 0 Å². The molecule has 146 valence electrons. The predicted molar refractivity (Wildman–Crippen MR) is 96.6 cm³/mol. The van der Waals surface area contributed by atoms with Gasteiger partial charge in [0.15, 0.2) is 5.65 Å². The van der Waals surface area contributed by atoms with E-state index in [0.29, 0.717) is 16.7 Å².